The summed E-state index contributed by atoms with van der Waals surface area (Å²) in [5.41, 5.74) is 3.25. The zero-order chi connectivity index (χ0) is 23.2. The van der Waals surface area contributed by atoms with E-state index < -0.39 is 17.7 Å². The summed E-state index contributed by atoms with van der Waals surface area (Å²) in [5, 5.41) is 13.1. The molecule has 0 N–H and O–H groups in total. The summed E-state index contributed by atoms with van der Waals surface area (Å²) >= 11 is 0. The molecular weight excluding hydrogens is 435 g/mol. The molecule has 33 heavy (non-hydrogen) atoms. The Morgan fingerprint density at radius 1 is 1.00 bits per heavy atom. The molecule has 0 spiro atoms. The van der Waals surface area contributed by atoms with Gasteiger partial charge in [-0.15, -0.1) is 23.4 Å². The summed E-state index contributed by atoms with van der Waals surface area (Å²) in [4.78, 5) is 13.2. The third kappa shape index (κ3) is 3.69. The van der Waals surface area contributed by atoms with Crippen molar-refractivity contribution in [2.75, 3.05) is 0 Å². The van der Waals surface area contributed by atoms with E-state index in [4.69, 9.17) is 0 Å². The second-order valence-electron chi connectivity index (χ2n) is 7.25. The molecule has 166 valence electrons. The quantitative estimate of drug-likeness (QED) is 0.401. The number of nitrogens with zero attached hydrogens (tertiary/aromatic N) is 5. The van der Waals surface area contributed by atoms with Crippen LogP contribution >= 0.6 is 0 Å². The van der Waals surface area contributed by atoms with Crippen molar-refractivity contribution >= 4 is 16.7 Å². The number of aryl methyl sites for hydroxylation is 1. The van der Waals surface area contributed by atoms with Gasteiger partial charge in [0.25, 0.3) is 5.56 Å². The first-order valence-corrected chi connectivity index (χ1v) is 10.1. The van der Waals surface area contributed by atoms with E-state index in [9.17, 15) is 18.0 Å². The summed E-state index contributed by atoms with van der Waals surface area (Å²) in [6.45, 7) is 1.98. The second-order valence-corrected chi connectivity index (χ2v) is 7.25. The van der Waals surface area contributed by atoms with Gasteiger partial charge in [0.2, 0.25) is 0 Å². The summed E-state index contributed by atoms with van der Waals surface area (Å²) in [5.74, 6) is -0.430. The van der Waals surface area contributed by atoms with Crippen molar-refractivity contribution in [3.05, 3.63) is 82.9 Å². The van der Waals surface area contributed by atoms with Crippen LogP contribution in [0.25, 0.3) is 33.5 Å². The first-order chi connectivity index (χ1) is 15.9. The maximum absolute atomic E-state index is 13.2. The number of hydrogen-bond acceptors (Lipinski definition) is 5. The monoisotopic (exact) mass is 451 g/mol. The molecule has 0 bridgehead atoms. The van der Waals surface area contributed by atoms with Crippen molar-refractivity contribution in [3.8, 4) is 22.6 Å². The molecule has 0 fully saturated rings. The van der Waals surface area contributed by atoms with Gasteiger partial charge in [0, 0.05) is 12.3 Å². The Bertz CT molecular complexity index is 1540. The first kappa shape index (κ1) is 20.7. The van der Waals surface area contributed by atoms with Gasteiger partial charge in [-0.05, 0) is 30.2 Å². The smallest absolute Gasteiger partial charge is 0.406 e. The molecule has 0 radical (unpaired) electrons. The van der Waals surface area contributed by atoms with Crippen LogP contribution < -0.4 is 10.3 Å². The van der Waals surface area contributed by atoms with Gasteiger partial charge in [-0.25, -0.2) is 4.52 Å². The van der Waals surface area contributed by atoms with Gasteiger partial charge in [-0.2, -0.15) is 5.10 Å². The minimum Gasteiger partial charge on any atom is -0.406 e. The Balaban J connectivity index is 1.68. The second kappa shape index (κ2) is 7.73. The Hall–Kier alpha value is -4.21. The van der Waals surface area contributed by atoms with Crippen LogP contribution in [0.2, 0.25) is 0 Å². The number of fused-ring (bicyclic) bond motifs is 3. The predicted octanol–water partition coefficient (Wildman–Crippen LogP) is 4.56. The van der Waals surface area contributed by atoms with Crippen molar-refractivity contribution in [1.29, 1.82) is 0 Å². The summed E-state index contributed by atoms with van der Waals surface area (Å²) in [7, 11) is 0. The molecule has 0 atom stereocenters. The molecule has 0 saturated carbocycles. The van der Waals surface area contributed by atoms with E-state index in [1.165, 1.54) is 22.9 Å². The molecule has 3 aromatic heterocycles. The fraction of sp³-hybridized carbons (Fsp3) is 0.130. The van der Waals surface area contributed by atoms with Crippen LogP contribution in [0, 0.1) is 0 Å². The standard InChI is InChI=1S/C23H16F3N5O2/c1-2-17-19(14-7-4-3-5-8-14)21-28-27-20-18(31(21)29-17)11-12-30(22(20)32)15-9-6-10-16(13-15)33-23(24,25)26/h3-13H,2H2,1H3. The molecule has 5 aromatic rings. The van der Waals surface area contributed by atoms with Crippen LogP contribution in [0.5, 0.6) is 5.75 Å². The molecule has 0 aliphatic rings. The number of aromatic nitrogens is 5. The Morgan fingerprint density at radius 2 is 1.79 bits per heavy atom. The predicted molar refractivity (Wildman–Crippen MR) is 115 cm³/mol. The van der Waals surface area contributed by atoms with Crippen molar-refractivity contribution in [1.82, 2.24) is 24.4 Å². The maximum Gasteiger partial charge on any atom is 0.573 e. The summed E-state index contributed by atoms with van der Waals surface area (Å²) < 4.78 is 44.5. The fourth-order valence-electron chi connectivity index (χ4n) is 3.77. The highest BCUT2D eigenvalue weighted by atomic mass is 19.4. The molecule has 3 heterocycles. The first-order valence-electron chi connectivity index (χ1n) is 10.1. The maximum atomic E-state index is 13.2. The van der Waals surface area contributed by atoms with Gasteiger partial charge in [0.05, 0.1) is 16.9 Å². The van der Waals surface area contributed by atoms with E-state index >= 15 is 0 Å². The normalized spacial score (nSPS) is 11.9. The zero-order valence-corrected chi connectivity index (χ0v) is 17.2. The minimum atomic E-state index is -4.84. The SMILES string of the molecule is CCc1nn2c(nnc3c(=O)n(-c4cccc(OC(F)(F)F)c4)ccc32)c1-c1ccccc1. The van der Waals surface area contributed by atoms with Crippen molar-refractivity contribution < 1.29 is 17.9 Å². The minimum absolute atomic E-state index is 0.0388. The number of pyridine rings is 1. The third-order valence-electron chi connectivity index (χ3n) is 5.18. The lowest BCUT2D eigenvalue weighted by Crippen LogP contribution is -2.21. The Kier molecular flexibility index (Phi) is 4.85. The van der Waals surface area contributed by atoms with E-state index in [0.29, 0.717) is 17.6 Å². The molecular formula is C23H16F3N5O2. The largest absolute Gasteiger partial charge is 0.573 e. The van der Waals surface area contributed by atoms with Crippen LogP contribution in [0.3, 0.4) is 0 Å². The van der Waals surface area contributed by atoms with Crippen LogP contribution in [0.4, 0.5) is 13.2 Å². The van der Waals surface area contributed by atoms with Crippen LogP contribution in [0.15, 0.2) is 71.7 Å². The number of rotatable bonds is 4. The molecule has 0 aliphatic heterocycles. The summed E-state index contributed by atoms with van der Waals surface area (Å²) in [6, 6.07) is 16.5. The lowest BCUT2D eigenvalue weighted by molar-refractivity contribution is -0.274. The Morgan fingerprint density at radius 3 is 2.52 bits per heavy atom. The van der Waals surface area contributed by atoms with Crippen molar-refractivity contribution in [2.45, 2.75) is 19.7 Å². The van der Waals surface area contributed by atoms with Crippen LogP contribution in [-0.4, -0.2) is 30.7 Å². The van der Waals surface area contributed by atoms with E-state index in [0.717, 1.165) is 29.0 Å². The van der Waals surface area contributed by atoms with E-state index in [2.05, 4.69) is 20.0 Å². The van der Waals surface area contributed by atoms with Gasteiger partial charge in [0.15, 0.2) is 11.2 Å². The average molecular weight is 451 g/mol. The van der Waals surface area contributed by atoms with Crippen LogP contribution in [-0.2, 0) is 6.42 Å². The van der Waals surface area contributed by atoms with Gasteiger partial charge in [-0.1, -0.05) is 43.3 Å². The molecule has 0 saturated heterocycles. The van der Waals surface area contributed by atoms with Crippen LogP contribution in [0.1, 0.15) is 12.6 Å². The van der Waals surface area contributed by atoms with Gasteiger partial charge >= 0.3 is 6.36 Å². The Labute approximate surface area is 184 Å². The molecule has 10 heteroatoms. The third-order valence-corrected chi connectivity index (χ3v) is 5.18. The van der Waals surface area contributed by atoms with E-state index in [1.54, 1.807) is 10.6 Å². The number of alkyl halides is 3. The zero-order valence-electron chi connectivity index (χ0n) is 17.2. The topological polar surface area (TPSA) is 74.3 Å². The molecule has 7 nitrogen and oxygen atoms in total. The fourth-order valence-corrected chi connectivity index (χ4v) is 3.77. The molecule has 2 aromatic carbocycles. The van der Waals surface area contributed by atoms with Crippen molar-refractivity contribution in [2.24, 2.45) is 0 Å². The molecule has 5 rings (SSSR count). The highest BCUT2D eigenvalue weighted by Crippen LogP contribution is 2.29. The van der Waals surface area contributed by atoms with Gasteiger partial charge in [0.1, 0.15) is 11.3 Å². The average Bonchev–Trinajstić information content (AvgIpc) is 3.18. The highest BCUT2D eigenvalue weighted by molar-refractivity contribution is 5.84. The summed E-state index contributed by atoms with van der Waals surface area (Å²) in [6.07, 6.45) is -2.72. The lowest BCUT2D eigenvalue weighted by atomic mass is 10.0. The number of ether oxygens (including phenoxy) is 1. The lowest BCUT2D eigenvalue weighted by Gasteiger charge is -2.11. The molecule has 0 aliphatic carbocycles. The van der Waals surface area contributed by atoms with E-state index in [-0.39, 0.29) is 11.2 Å². The molecule has 0 unspecified atom stereocenters. The van der Waals surface area contributed by atoms with E-state index in [1.807, 2.05) is 37.3 Å². The highest BCUT2D eigenvalue weighted by Gasteiger charge is 2.31. The van der Waals surface area contributed by atoms with Gasteiger partial charge in [-0.3, -0.25) is 9.36 Å². The number of hydrogen-bond donors (Lipinski definition) is 0. The number of halogens is 3. The molecule has 0 amide bonds. The number of benzene rings is 2. The van der Waals surface area contributed by atoms with Crippen molar-refractivity contribution in [3.63, 3.8) is 0 Å². The van der Waals surface area contributed by atoms with Gasteiger partial charge < -0.3 is 4.74 Å².